The van der Waals surface area contributed by atoms with E-state index < -0.39 is 6.10 Å². The van der Waals surface area contributed by atoms with Gasteiger partial charge in [-0.05, 0) is 49.0 Å². The summed E-state index contributed by atoms with van der Waals surface area (Å²) in [6.07, 6.45) is 0.997. The molecule has 3 N–H and O–H groups in total. The zero-order chi connectivity index (χ0) is 23.1. The van der Waals surface area contributed by atoms with Crippen molar-refractivity contribution in [3.05, 3.63) is 53.7 Å². The lowest BCUT2D eigenvalue weighted by Crippen LogP contribution is -2.35. The number of nitrogen functional groups attached to an aromatic ring is 1. The first-order chi connectivity index (χ1) is 15.5. The van der Waals surface area contributed by atoms with E-state index in [4.69, 9.17) is 15.2 Å². The molecule has 7 nitrogen and oxygen atoms in total. The summed E-state index contributed by atoms with van der Waals surface area (Å²) in [4.78, 5) is 6.52. The predicted molar refractivity (Wildman–Crippen MR) is 134 cm³/mol. The highest BCUT2D eigenvalue weighted by atomic mass is 127. The largest absolute Gasteiger partial charge is 0.489 e. The fraction of sp³-hybridized carbons (Fsp3) is 0.333. The van der Waals surface area contributed by atoms with Gasteiger partial charge in [0.25, 0.3) is 0 Å². The number of alkyl halides is 1. The van der Waals surface area contributed by atoms with Crippen molar-refractivity contribution in [2.45, 2.75) is 24.4 Å². The van der Waals surface area contributed by atoms with Crippen LogP contribution < -0.4 is 15.2 Å². The van der Waals surface area contributed by atoms with Gasteiger partial charge < -0.3 is 25.2 Å². The lowest BCUT2D eigenvalue weighted by Gasteiger charge is -2.22. The topological polar surface area (TPSA) is 105 Å². The van der Waals surface area contributed by atoms with Crippen LogP contribution in [-0.4, -0.2) is 47.3 Å². The number of nitrogens with zero attached hydrogens (tertiary/aromatic N) is 3. The summed E-state index contributed by atoms with van der Waals surface area (Å²) >= 11 is 2.26. The van der Waals surface area contributed by atoms with Crippen LogP contribution in [0.3, 0.4) is 0 Å². The van der Waals surface area contributed by atoms with Crippen LogP contribution in [0.4, 0.5) is 5.69 Å². The number of benzene rings is 2. The molecule has 0 bridgehead atoms. The van der Waals surface area contributed by atoms with Crippen LogP contribution >= 0.6 is 22.6 Å². The lowest BCUT2D eigenvalue weighted by molar-refractivity contribution is 0.0716. The van der Waals surface area contributed by atoms with Crippen molar-refractivity contribution in [3.63, 3.8) is 0 Å². The highest BCUT2D eigenvalue weighted by molar-refractivity contribution is 14.1. The highest BCUT2D eigenvalue weighted by Gasteiger charge is 2.15. The fourth-order valence-corrected chi connectivity index (χ4v) is 4.01. The minimum atomic E-state index is -0.655. The molecule has 3 rings (SSSR count). The van der Waals surface area contributed by atoms with Gasteiger partial charge in [-0.15, -0.1) is 0 Å². The molecule has 1 atom stereocenters. The van der Waals surface area contributed by atoms with E-state index in [0.717, 1.165) is 28.8 Å². The molecule has 0 aliphatic heterocycles. The number of aliphatic hydroxyl groups is 1. The average Bonchev–Trinajstić information content (AvgIpc) is 2.81. The quantitative estimate of drug-likeness (QED) is 0.219. The van der Waals surface area contributed by atoms with Crippen LogP contribution in [0.15, 0.2) is 42.6 Å². The molecule has 32 heavy (non-hydrogen) atoms. The molecule has 3 aromatic rings. The number of aromatic nitrogens is 1. The third kappa shape index (κ3) is 5.79. The van der Waals surface area contributed by atoms with Crippen molar-refractivity contribution in [1.29, 1.82) is 5.26 Å². The molecule has 168 valence electrons. The Morgan fingerprint density at radius 3 is 2.66 bits per heavy atom. The number of nitriles is 1. The fourth-order valence-electron chi connectivity index (χ4n) is 3.35. The van der Waals surface area contributed by atoms with Crippen LogP contribution in [-0.2, 0) is 4.43 Å². The molecule has 0 aliphatic carbocycles. The number of hydrogen-bond donors (Lipinski definition) is 2. The summed E-state index contributed by atoms with van der Waals surface area (Å²) < 4.78 is 12.7. The lowest BCUT2D eigenvalue weighted by atomic mass is 10.1. The van der Waals surface area contributed by atoms with Gasteiger partial charge in [0.2, 0.25) is 0 Å². The van der Waals surface area contributed by atoms with Crippen LogP contribution in [0.25, 0.3) is 10.9 Å². The van der Waals surface area contributed by atoms with Crippen molar-refractivity contribution >= 4 is 39.2 Å². The Bertz CT molecular complexity index is 1110. The van der Waals surface area contributed by atoms with Gasteiger partial charge in [-0.25, -0.2) is 0 Å². The zero-order valence-corrected chi connectivity index (χ0v) is 20.4. The van der Waals surface area contributed by atoms with E-state index >= 15 is 0 Å². The van der Waals surface area contributed by atoms with Gasteiger partial charge in [-0.1, -0.05) is 36.4 Å². The molecule has 1 heterocycles. The van der Waals surface area contributed by atoms with E-state index in [1.54, 1.807) is 24.4 Å². The Morgan fingerprint density at radius 2 is 1.97 bits per heavy atom. The summed E-state index contributed by atoms with van der Waals surface area (Å²) in [6, 6.07) is 12.9. The molecule has 0 amide bonds. The van der Waals surface area contributed by atoms with Crippen LogP contribution in [0.5, 0.6) is 17.2 Å². The predicted octanol–water partition coefficient (Wildman–Crippen LogP) is 4.50. The van der Waals surface area contributed by atoms with Crippen molar-refractivity contribution in [1.82, 2.24) is 9.88 Å². The molecule has 0 aliphatic rings. The summed E-state index contributed by atoms with van der Waals surface area (Å²) in [7, 11) is 0. The second-order valence-electron chi connectivity index (χ2n) is 7.33. The maximum absolute atomic E-state index is 10.3. The van der Waals surface area contributed by atoms with Gasteiger partial charge in [-0.2, -0.15) is 5.26 Å². The number of fused-ring (bicyclic) bond motifs is 1. The molecule has 1 aromatic heterocycles. The number of anilines is 1. The van der Waals surface area contributed by atoms with Crippen LogP contribution in [0, 0.1) is 11.3 Å². The first-order valence-electron chi connectivity index (χ1n) is 10.5. The molecule has 8 heteroatoms. The Hall–Kier alpha value is -2.61. The van der Waals surface area contributed by atoms with E-state index in [1.807, 2.05) is 32.0 Å². The summed E-state index contributed by atoms with van der Waals surface area (Å²) in [6.45, 7) is 6.41. The minimum absolute atomic E-state index is 0.0946. The van der Waals surface area contributed by atoms with E-state index in [-0.39, 0.29) is 6.61 Å². The number of halogens is 1. The Labute approximate surface area is 201 Å². The van der Waals surface area contributed by atoms with Crippen LogP contribution in [0.1, 0.15) is 25.0 Å². The molecule has 0 spiro atoms. The van der Waals surface area contributed by atoms with E-state index in [0.29, 0.717) is 40.3 Å². The van der Waals surface area contributed by atoms with Crippen molar-refractivity contribution in [2.24, 2.45) is 0 Å². The summed E-state index contributed by atoms with van der Waals surface area (Å²) in [5.74, 6) is 1.64. The third-order valence-electron chi connectivity index (χ3n) is 5.20. The average molecular weight is 546 g/mol. The van der Waals surface area contributed by atoms with Crippen molar-refractivity contribution < 1.29 is 14.6 Å². The number of aliphatic hydroxyl groups excluding tert-OH is 1. The second-order valence-corrected chi connectivity index (χ2v) is 8.10. The van der Waals surface area contributed by atoms with Crippen molar-refractivity contribution in [2.75, 3.05) is 32.0 Å². The van der Waals surface area contributed by atoms with E-state index in [1.165, 1.54) is 0 Å². The maximum Gasteiger partial charge on any atom is 0.139 e. The minimum Gasteiger partial charge on any atom is -0.489 e. The molecule has 0 saturated heterocycles. The van der Waals surface area contributed by atoms with Gasteiger partial charge in [0, 0.05) is 34.3 Å². The first kappa shape index (κ1) is 24.0. The molecule has 2 aromatic carbocycles. The Balaban J connectivity index is 1.85. The monoisotopic (exact) mass is 546 g/mol. The molecular formula is C24H27IN4O3. The van der Waals surface area contributed by atoms with Gasteiger partial charge >= 0.3 is 0 Å². The van der Waals surface area contributed by atoms with Crippen LogP contribution in [0.2, 0.25) is 0 Å². The number of nitrogens with two attached hydrogens (primary N) is 1. The molecule has 0 radical (unpaired) electrons. The van der Waals surface area contributed by atoms with Gasteiger partial charge in [0.05, 0.1) is 11.1 Å². The summed E-state index contributed by atoms with van der Waals surface area (Å²) in [5, 5.41) is 20.7. The SMILES string of the molecule is CCN(CC)C[C@H](O)COc1cc2nccc(Oc3ccc(N)c(CI)c3)c2cc1C#N. The molecule has 0 unspecified atom stereocenters. The normalized spacial score (nSPS) is 12.0. The first-order valence-corrected chi connectivity index (χ1v) is 12.0. The number of likely N-dealkylation sites (N-methyl/N-ethyl adjacent to an activating group) is 1. The third-order valence-corrected chi connectivity index (χ3v) is 6.03. The van der Waals surface area contributed by atoms with Gasteiger partial charge in [0.15, 0.2) is 0 Å². The van der Waals surface area contributed by atoms with Crippen molar-refractivity contribution in [3.8, 4) is 23.3 Å². The molecule has 0 saturated carbocycles. The molecular weight excluding hydrogens is 519 g/mol. The Morgan fingerprint density at radius 1 is 1.19 bits per heavy atom. The number of pyridine rings is 1. The number of ether oxygens (including phenoxy) is 2. The van der Waals surface area contributed by atoms with E-state index in [2.05, 4.69) is 38.5 Å². The number of rotatable bonds is 10. The van der Waals surface area contributed by atoms with E-state index in [9.17, 15) is 10.4 Å². The molecule has 0 fully saturated rings. The van der Waals surface area contributed by atoms with Gasteiger partial charge in [-0.3, -0.25) is 4.98 Å². The smallest absolute Gasteiger partial charge is 0.139 e. The zero-order valence-electron chi connectivity index (χ0n) is 18.2. The number of hydrogen-bond acceptors (Lipinski definition) is 7. The van der Waals surface area contributed by atoms with Gasteiger partial charge in [0.1, 0.15) is 36.0 Å². The Kier molecular flexibility index (Phi) is 8.50. The highest BCUT2D eigenvalue weighted by Crippen LogP contribution is 2.34. The maximum atomic E-state index is 10.3. The summed E-state index contributed by atoms with van der Waals surface area (Å²) in [5.41, 5.74) is 8.71. The standard InChI is InChI=1S/C24H27IN4O3/c1-3-29(4-2)14-18(30)15-31-24-11-22-20(10-17(24)13-26)23(7-8-28-22)32-19-5-6-21(27)16(9-19)12-25/h5-11,18,30H,3-4,12,14-15,27H2,1-2H3/t18-/m0/s1. The second kappa shape index (κ2) is 11.3.